The molecule has 3 aliphatic rings. The van der Waals surface area contributed by atoms with E-state index in [0.717, 1.165) is 6.26 Å². The number of sulfonamides is 1. The molecule has 0 aromatic heterocycles. The van der Waals surface area contributed by atoms with E-state index in [-0.39, 0.29) is 32.0 Å². The van der Waals surface area contributed by atoms with E-state index in [1.54, 1.807) is 4.90 Å². The van der Waals surface area contributed by atoms with Crippen LogP contribution < -0.4 is 0 Å². The zero-order valence-electron chi connectivity index (χ0n) is 17.6. The monoisotopic (exact) mass is 449 g/mol. The van der Waals surface area contributed by atoms with E-state index in [1.165, 1.54) is 23.1 Å². The third-order valence-electron chi connectivity index (χ3n) is 5.89. The molecule has 0 radical (unpaired) electrons. The third-order valence-corrected chi connectivity index (χ3v) is 7.15. The van der Waals surface area contributed by atoms with E-state index < -0.39 is 46.3 Å². The van der Waals surface area contributed by atoms with Gasteiger partial charge in [-0.3, -0.25) is 14.5 Å². The molecule has 0 aromatic rings. The highest BCUT2D eigenvalue weighted by Gasteiger charge is 2.57. The maximum absolute atomic E-state index is 12.7. The first-order valence-electron chi connectivity index (χ1n) is 10.2. The summed E-state index contributed by atoms with van der Waals surface area (Å²) >= 11 is 0. The highest BCUT2D eigenvalue weighted by atomic mass is 32.2. The summed E-state index contributed by atoms with van der Waals surface area (Å²) in [5.41, 5.74) is 0. The fourth-order valence-electron chi connectivity index (χ4n) is 4.25. The van der Waals surface area contributed by atoms with Gasteiger partial charge in [0.25, 0.3) is 11.8 Å². The Morgan fingerprint density at radius 1 is 1.07 bits per heavy atom. The Kier molecular flexibility index (Phi) is 6.75. The van der Waals surface area contributed by atoms with E-state index in [9.17, 15) is 28.2 Å². The normalized spacial score (nSPS) is 34.0. The molecule has 2 N–H and O–H groups in total. The Labute approximate surface area is 176 Å². The van der Waals surface area contributed by atoms with Gasteiger partial charge in [-0.05, 0) is 26.2 Å². The SMILES string of the molecule is CC(=O)N1CCC(OC2(OC3CCN(S(C)(=O)=O)C3)C(O)CCN2C(=O)C(C)O)C1. The van der Waals surface area contributed by atoms with Crippen molar-refractivity contribution in [1.82, 2.24) is 14.1 Å². The Balaban J connectivity index is 1.85. The molecule has 3 heterocycles. The summed E-state index contributed by atoms with van der Waals surface area (Å²) in [7, 11) is -3.40. The van der Waals surface area contributed by atoms with Crippen molar-refractivity contribution in [3.8, 4) is 0 Å². The first-order chi connectivity index (χ1) is 13.9. The van der Waals surface area contributed by atoms with Gasteiger partial charge in [-0.1, -0.05) is 0 Å². The van der Waals surface area contributed by atoms with Gasteiger partial charge in [0.2, 0.25) is 15.9 Å². The molecular formula is C18H31N3O8S. The molecule has 5 unspecified atom stereocenters. The standard InChI is InChI=1S/C18H31N3O8S/c1-12(22)17(25)21-9-6-16(24)18(21,28-14-4-7-19(10-14)13(2)23)29-15-5-8-20(11-15)30(3,26)27/h12,14-16,22,24H,4-11H2,1-3H3. The summed E-state index contributed by atoms with van der Waals surface area (Å²) in [5, 5.41) is 20.7. The minimum Gasteiger partial charge on any atom is -0.385 e. The highest BCUT2D eigenvalue weighted by molar-refractivity contribution is 7.88. The number of hydrogen-bond acceptors (Lipinski definition) is 8. The molecule has 5 atom stereocenters. The van der Waals surface area contributed by atoms with Crippen molar-refractivity contribution in [2.45, 2.75) is 63.4 Å². The van der Waals surface area contributed by atoms with Gasteiger partial charge >= 0.3 is 0 Å². The third kappa shape index (κ3) is 4.63. The summed E-state index contributed by atoms with van der Waals surface area (Å²) in [6.45, 7) is 4.04. The number of hydrogen-bond donors (Lipinski definition) is 2. The summed E-state index contributed by atoms with van der Waals surface area (Å²) in [4.78, 5) is 27.2. The summed E-state index contributed by atoms with van der Waals surface area (Å²) in [5.74, 6) is -2.59. The molecule has 0 spiro atoms. The van der Waals surface area contributed by atoms with Crippen LogP contribution >= 0.6 is 0 Å². The molecule has 12 heteroatoms. The maximum Gasteiger partial charge on any atom is 0.282 e. The minimum absolute atomic E-state index is 0.0810. The molecule has 2 amide bonds. The number of aliphatic hydroxyl groups is 2. The molecule has 11 nitrogen and oxygen atoms in total. The molecule has 0 bridgehead atoms. The van der Waals surface area contributed by atoms with E-state index in [1.807, 2.05) is 0 Å². The minimum atomic E-state index is -3.40. The molecule has 3 aliphatic heterocycles. The van der Waals surface area contributed by atoms with Gasteiger partial charge in [-0.15, -0.1) is 0 Å². The molecular weight excluding hydrogens is 418 g/mol. The summed E-state index contributed by atoms with van der Waals surface area (Å²) < 4.78 is 37.3. The number of aliphatic hydroxyl groups excluding tert-OH is 2. The largest absolute Gasteiger partial charge is 0.385 e. The van der Waals surface area contributed by atoms with Gasteiger partial charge in [0.15, 0.2) is 0 Å². The molecule has 0 aromatic carbocycles. The zero-order valence-corrected chi connectivity index (χ0v) is 18.4. The van der Waals surface area contributed by atoms with Crippen molar-refractivity contribution in [3.63, 3.8) is 0 Å². The second-order valence-electron chi connectivity index (χ2n) is 8.24. The lowest BCUT2D eigenvalue weighted by molar-refractivity contribution is -0.353. The molecule has 3 saturated heterocycles. The second kappa shape index (κ2) is 8.67. The van der Waals surface area contributed by atoms with Crippen LogP contribution in [0.25, 0.3) is 0 Å². The predicted octanol–water partition coefficient (Wildman–Crippen LogP) is -1.70. The first kappa shape index (κ1) is 23.4. The Hall–Kier alpha value is -1.31. The molecule has 30 heavy (non-hydrogen) atoms. The van der Waals surface area contributed by atoms with E-state index in [0.29, 0.717) is 25.9 Å². The van der Waals surface area contributed by atoms with Gasteiger partial charge in [0, 0.05) is 39.6 Å². The maximum atomic E-state index is 12.7. The zero-order chi connectivity index (χ0) is 22.3. The van der Waals surface area contributed by atoms with Crippen molar-refractivity contribution in [3.05, 3.63) is 0 Å². The Morgan fingerprint density at radius 2 is 1.67 bits per heavy atom. The number of nitrogens with zero attached hydrogens (tertiary/aromatic N) is 3. The van der Waals surface area contributed by atoms with Gasteiger partial charge < -0.3 is 24.6 Å². The fourth-order valence-corrected chi connectivity index (χ4v) is 5.13. The quantitative estimate of drug-likeness (QED) is 0.458. The van der Waals surface area contributed by atoms with Crippen molar-refractivity contribution < 1.29 is 37.7 Å². The van der Waals surface area contributed by atoms with Crippen molar-refractivity contribution in [2.75, 3.05) is 39.0 Å². The van der Waals surface area contributed by atoms with E-state index >= 15 is 0 Å². The van der Waals surface area contributed by atoms with Crippen LogP contribution in [0.2, 0.25) is 0 Å². The number of carbonyl (C=O) groups is 2. The molecule has 0 aliphatic carbocycles. The van der Waals surface area contributed by atoms with Crippen molar-refractivity contribution in [2.24, 2.45) is 0 Å². The predicted molar refractivity (Wildman–Crippen MR) is 104 cm³/mol. The lowest BCUT2D eigenvalue weighted by Gasteiger charge is -2.43. The lowest BCUT2D eigenvalue weighted by atomic mass is 10.2. The smallest absolute Gasteiger partial charge is 0.282 e. The summed E-state index contributed by atoms with van der Waals surface area (Å²) in [6, 6.07) is 0. The van der Waals surface area contributed by atoms with Crippen LogP contribution in [0.1, 0.15) is 33.1 Å². The fraction of sp³-hybridized carbons (Fsp3) is 0.889. The average molecular weight is 450 g/mol. The van der Waals surface area contributed by atoms with Crippen LogP contribution in [0.4, 0.5) is 0 Å². The van der Waals surface area contributed by atoms with Crippen LogP contribution in [0, 0.1) is 0 Å². The molecule has 172 valence electrons. The van der Waals surface area contributed by atoms with Crippen molar-refractivity contribution >= 4 is 21.8 Å². The van der Waals surface area contributed by atoms with Crippen molar-refractivity contribution in [1.29, 1.82) is 0 Å². The van der Waals surface area contributed by atoms with Crippen LogP contribution in [0.3, 0.4) is 0 Å². The first-order valence-corrected chi connectivity index (χ1v) is 12.0. The van der Waals surface area contributed by atoms with Gasteiger partial charge in [0.05, 0.1) is 18.5 Å². The topological polar surface area (TPSA) is 137 Å². The van der Waals surface area contributed by atoms with E-state index in [4.69, 9.17) is 9.47 Å². The highest BCUT2D eigenvalue weighted by Crippen LogP contribution is 2.38. The van der Waals surface area contributed by atoms with Gasteiger partial charge in [-0.2, -0.15) is 4.31 Å². The van der Waals surface area contributed by atoms with E-state index in [2.05, 4.69) is 0 Å². The average Bonchev–Trinajstić information content (AvgIpc) is 3.35. The Morgan fingerprint density at radius 3 is 2.17 bits per heavy atom. The number of ether oxygens (including phenoxy) is 2. The van der Waals surface area contributed by atoms with Gasteiger partial charge in [0.1, 0.15) is 12.2 Å². The summed E-state index contributed by atoms with van der Waals surface area (Å²) in [6.07, 6.45) is -1.39. The van der Waals surface area contributed by atoms with Crippen LogP contribution in [0.15, 0.2) is 0 Å². The molecule has 0 saturated carbocycles. The molecule has 3 rings (SSSR count). The van der Waals surface area contributed by atoms with Crippen LogP contribution in [0.5, 0.6) is 0 Å². The number of carbonyl (C=O) groups excluding carboxylic acids is 2. The number of likely N-dealkylation sites (tertiary alicyclic amines) is 2. The number of rotatable bonds is 6. The lowest BCUT2D eigenvalue weighted by Crippen LogP contribution is -2.61. The molecule has 3 fully saturated rings. The van der Waals surface area contributed by atoms with Crippen LogP contribution in [-0.2, 0) is 29.1 Å². The van der Waals surface area contributed by atoms with Crippen LogP contribution in [-0.4, -0.2) is 114 Å². The van der Waals surface area contributed by atoms with Gasteiger partial charge in [-0.25, -0.2) is 8.42 Å². The second-order valence-corrected chi connectivity index (χ2v) is 10.2. The Bertz CT molecular complexity index is 775. The number of amides is 2.